The molecule has 22 heavy (non-hydrogen) atoms. The van der Waals surface area contributed by atoms with Gasteiger partial charge in [-0.3, -0.25) is 4.79 Å². The predicted octanol–water partition coefficient (Wildman–Crippen LogP) is 3.20. The summed E-state index contributed by atoms with van der Waals surface area (Å²) in [4.78, 5) is 14.3. The summed E-state index contributed by atoms with van der Waals surface area (Å²) in [6.45, 7) is 8.24. The van der Waals surface area contributed by atoms with E-state index in [9.17, 15) is 4.79 Å². The topological polar surface area (TPSA) is 32.3 Å². The van der Waals surface area contributed by atoms with Crippen LogP contribution >= 0.6 is 12.4 Å². The van der Waals surface area contributed by atoms with Crippen molar-refractivity contribution in [1.29, 1.82) is 0 Å². The number of hydrogen-bond acceptors (Lipinski definition) is 2. The van der Waals surface area contributed by atoms with Gasteiger partial charge in [0.05, 0.1) is 0 Å². The third-order valence-electron chi connectivity index (χ3n) is 4.36. The lowest BCUT2D eigenvalue weighted by Crippen LogP contribution is -2.40. The van der Waals surface area contributed by atoms with Crippen molar-refractivity contribution >= 4 is 18.3 Å². The van der Waals surface area contributed by atoms with Gasteiger partial charge in [-0.1, -0.05) is 36.8 Å². The highest BCUT2D eigenvalue weighted by Gasteiger charge is 2.22. The van der Waals surface area contributed by atoms with Crippen molar-refractivity contribution in [1.82, 2.24) is 10.2 Å². The Morgan fingerprint density at radius 1 is 1.32 bits per heavy atom. The molecule has 0 atom stereocenters. The summed E-state index contributed by atoms with van der Waals surface area (Å²) in [5.74, 6) is 1.06. The quantitative estimate of drug-likeness (QED) is 0.871. The number of amides is 1. The minimum Gasteiger partial charge on any atom is -0.343 e. The molecule has 1 N–H and O–H groups in total. The molecular formula is C18H29ClN2O. The molecule has 0 radical (unpaired) electrons. The number of carbonyl (C=O) groups is 1. The summed E-state index contributed by atoms with van der Waals surface area (Å²) < 4.78 is 0. The largest absolute Gasteiger partial charge is 0.343 e. The smallest absolute Gasteiger partial charge is 0.222 e. The van der Waals surface area contributed by atoms with Crippen LogP contribution in [-0.2, 0) is 11.2 Å². The Hall–Kier alpha value is -1.06. The second-order valence-electron chi connectivity index (χ2n) is 6.12. The first-order valence-electron chi connectivity index (χ1n) is 8.23. The number of benzene rings is 1. The summed E-state index contributed by atoms with van der Waals surface area (Å²) in [5, 5.41) is 3.41. The van der Waals surface area contributed by atoms with E-state index >= 15 is 0 Å². The van der Waals surface area contributed by atoms with Gasteiger partial charge in [-0.2, -0.15) is 0 Å². The van der Waals surface area contributed by atoms with E-state index in [0.717, 1.165) is 51.4 Å². The highest BCUT2D eigenvalue weighted by atomic mass is 35.5. The van der Waals surface area contributed by atoms with E-state index in [1.54, 1.807) is 0 Å². The van der Waals surface area contributed by atoms with E-state index in [-0.39, 0.29) is 12.4 Å². The lowest BCUT2D eigenvalue weighted by molar-refractivity contribution is -0.132. The van der Waals surface area contributed by atoms with E-state index in [2.05, 4.69) is 48.3 Å². The van der Waals surface area contributed by atoms with E-state index in [1.165, 1.54) is 11.1 Å². The third kappa shape index (κ3) is 5.98. The van der Waals surface area contributed by atoms with Crippen molar-refractivity contribution in [2.75, 3.05) is 26.2 Å². The zero-order valence-corrected chi connectivity index (χ0v) is 14.6. The van der Waals surface area contributed by atoms with Crippen LogP contribution in [0, 0.1) is 12.8 Å². The lowest BCUT2D eigenvalue weighted by atomic mass is 9.96. The van der Waals surface area contributed by atoms with Gasteiger partial charge in [0, 0.05) is 19.5 Å². The number of piperidine rings is 1. The average molecular weight is 325 g/mol. The maximum atomic E-state index is 12.3. The van der Waals surface area contributed by atoms with Gasteiger partial charge in [-0.25, -0.2) is 0 Å². The fourth-order valence-electron chi connectivity index (χ4n) is 3.01. The minimum atomic E-state index is 0. The van der Waals surface area contributed by atoms with Gasteiger partial charge in [-0.15, -0.1) is 12.4 Å². The molecule has 2 rings (SSSR count). The number of likely N-dealkylation sites (tertiary alicyclic amines) is 1. The molecule has 1 amide bonds. The predicted molar refractivity (Wildman–Crippen MR) is 94.6 cm³/mol. The second-order valence-corrected chi connectivity index (χ2v) is 6.12. The molecule has 1 aromatic rings. The summed E-state index contributed by atoms with van der Waals surface area (Å²) in [6.07, 6.45) is 3.78. The SMILES string of the molecule is CCNCC1CCN(C(=O)CCc2cccc(C)c2)CC1.Cl. The summed E-state index contributed by atoms with van der Waals surface area (Å²) >= 11 is 0. The second kappa shape index (κ2) is 9.86. The number of aryl methyl sites for hydroxylation is 2. The van der Waals surface area contributed by atoms with Crippen LogP contribution in [-0.4, -0.2) is 37.0 Å². The lowest BCUT2D eigenvalue weighted by Gasteiger charge is -2.32. The highest BCUT2D eigenvalue weighted by molar-refractivity contribution is 5.85. The molecule has 1 heterocycles. The van der Waals surface area contributed by atoms with E-state index in [0.29, 0.717) is 12.3 Å². The van der Waals surface area contributed by atoms with Gasteiger partial charge in [0.15, 0.2) is 0 Å². The summed E-state index contributed by atoms with van der Waals surface area (Å²) in [5.41, 5.74) is 2.54. The molecule has 0 aliphatic carbocycles. The number of nitrogens with zero attached hydrogens (tertiary/aromatic N) is 1. The van der Waals surface area contributed by atoms with Crippen molar-refractivity contribution in [3.8, 4) is 0 Å². The fraction of sp³-hybridized carbons (Fsp3) is 0.611. The highest BCUT2D eigenvalue weighted by Crippen LogP contribution is 2.17. The van der Waals surface area contributed by atoms with Crippen molar-refractivity contribution in [2.45, 2.75) is 39.5 Å². The molecule has 3 nitrogen and oxygen atoms in total. The molecule has 1 aliphatic heterocycles. The standard InChI is InChI=1S/C18H28N2O.ClH/c1-3-19-14-17-9-11-20(12-10-17)18(21)8-7-16-6-4-5-15(2)13-16;/h4-6,13,17,19H,3,7-12,14H2,1-2H3;1H. The first kappa shape index (κ1) is 19.0. The molecule has 0 aromatic heterocycles. The Morgan fingerprint density at radius 2 is 2.05 bits per heavy atom. The number of nitrogens with one attached hydrogen (secondary N) is 1. The van der Waals surface area contributed by atoms with Crippen molar-refractivity contribution < 1.29 is 4.79 Å². The average Bonchev–Trinajstić information content (AvgIpc) is 2.51. The van der Waals surface area contributed by atoms with Crippen LogP contribution in [0.2, 0.25) is 0 Å². The van der Waals surface area contributed by atoms with Gasteiger partial charge >= 0.3 is 0 Å². The Kier molecular flexibility index (Phi) is 8.51. The van der Waals surface area contributed by atoms with Crippen LogP contribution < -0.4 is 5.32 Å². The fourth-order valence-corrected chi connectivity index (χ4v) is 3.01. The Morgan fingerprint density at radius 3 is 2.68 bits per heavy atom. The first-order valence-corrected chi connectivity index (χ1v) is 8.23. The van der Waals surface area contributed by atoms with Crippen LogP contribution in [0.5, 0.6) is 0 Å². The van der Waals surface area contributed by atoms with Crippen molar-refractivity contribution in [3.63, 3.8) is 0 Å². The van der Waals surface area contributed by atoms with Crippen LogP contribution in [0.3, 0.4) is 0 Å². The van der Waals surface area contributed by atoms with Gasteiger partial charge in [0.2, 0.25) is 5.91 Å². The van der Waals surface area contributed by atoms with Crippen LogP contribution in [0.15, 0.2) is 24.3 Å². The van der Waals surface area contributed by atoms with Crippen LogP contribution in [0.1, 0.15) is 37.3 Å². The maximum Gasteiger partial charge on any atom is 0.222 e. The number of hydrogen-bond donors (Lipinski definition) is 1. The molecule has 1 saturated heterocycles. The molecule has 1 fully saturated rings. The zero-order chi connectivity index (χ0) is 15.1. The van der Waals surface area contributed by atoms with E-state index in [4.69, 9.17) is 0 Å². The number of carbonyl (C=O) groups excluding carboxylic acids is 1. The first-order chi connectivity index (χ1) is 10.2. The van der Waals surface area contributed by atoms with Gasteiger partial charge in [0.25, 0.3) is 0 Å². The maximum absolute atomic E-state index is 12.3. The van der Waals surface area contributed by atoms with Gasteiger partial charge in [-0.05, 0) is 50.8 Å². The minimum absolute atomic E-state index is 0. The molecule has 0 bridgehead atoms. The normalized spacial score (nSPS) is 15.5. The third-order valence-corrected chi connectivity index (χ3v) is 4.36. The van der Waals surface area contributed by atoms with Crippen molar-refractivity contribution in [3.05, 3.63) is 35.4 Å². The monoisotopic (exact) mass is 324 g/mol. The van der Waals surface area contributed by atoms with Gasteiger partial charge < -0.3 is 10.2 Å². The molecule has 1 aromatic carbocycles. The van der Waals surface area contributed by atoms with Crippen LogP contribution in [0.25, 0.3) is 0 Å². The summed E-state index contributed by atoms with van der Waals surface area (Å²) in [7, 11) is 0. The zero-order valence-electron chi connectivity index (χ0n) is 13.8. The number of rotatable bonds is 6. The van der Waals surface area contributed by atoms with E-state index < -0.39 is 0 Å². The van der Waals surface area contributed by atoms with Gasteiger partial charge in [0.1, 0.15) is 0 Å². The van der Waals surface area contributed by atoms with Crippen LogP contribution in [0.4, 0.5) is 0 Å². The number of halogens is 1. The molecule has 4 heteroatoms. The Balaban J connectivity index is 0.00000242. The Bertz CT molecular complexity index is 456. The van der Waals surface area contributed by atoms with Crippen molar-refractivity contribution in [2.24, 2.45) is 5.92 Å². The molecule has 1 aliphatic rings. The molecular weight excluding hydrogens is 296 g/mol. The molecule has 0 unspecified atom stereocenters. The van der Waals surface area contributed by atoms with E-state index in [1.807, 2.05) is 0 Å². The molecule has 0 saturated carbocycles. The molecule has 0 spiro atoms. The Labute approximate surface area is 140 Å². The summed E-state index contributed by atoms with van der Waals surface area (Å²) in [6, 6.07) is 8.46. The molecule has 124 valence electrons.